The average molecular weight is 285 g/mol. The largest absolute Gasteiger partial charge is 0.373 e. The summed E-state index contributed by atoms with van der Waals surface area (Å²) in [5, 5.41) is 3.72. The second kappa shape index (κ2) is 5.09. The molecule has 0 radical (unpaired) electrons. The van der Waals surface area contributed by atoms with Crippen LogP contribution in [0.15, 0.2) is 36.4 Å². The number of nitrogens with one attached hydrogen (secondary N) is 1. The number of hydrogen-bond acceptors (Lipinski definition) is 3. The topological polar surface area (TPSA) is 37.8 Å². The molecule has 0 amide bonds. The first kappa shape index (κ1) is 13.4. The van der Waals surface area contributed by atoms with Crippen molar-refractivity contribution in [3.63, 3.8) is 0 Å². The lowest BCUT2D eigenvalue weighted by molar-refractivity contribution is 0.618. The Labute approximate surface area is 120 Å². The molecule has 0 atom stereocenters. The van der Waals surface area contributed by atoms with Gasteiger partial charge in [0.1, 0.15) is 17.5 Å². The van der Waals surface area contributed by atoms with Crippen molar-refractivity contribution in [2.75, 3.05) is 12.4 Å². The van der Waals surface area contributed by atoms with E-state index in [1.807, 2.05) is 0 Å². The number of hydrogen-bond donors (Lipinski definition) is 1. The van der Waals surface area contributed by atoms with Crippen LogP contribution in [0.1, 0.15) is 5.56 Å². The van der Waals surface area contributed by atoms with E-state index in [9.17, 15) is 8.78 Å². The molecule has 5 heteroatoms. The predicted molar refractivity (Wildman–Crippen MR) is 79.2 cm³/mol. The number of rotatable bonds is 2. The Morgan fingerprint density at radius 1 is 1.00 bits per heavy atom. The second-order valence-corrected chi connectivity index (χ2v) is 4.77. The first-order valence-electron chi connectivity index (χ1n) is 6.50. The summed E-state index contributed by atoms with van der Waals surface area (Å²) in [6.45, 7) is 1.68. The van der Waals surface area contributed by atoms with E-state index in [4.69, 9.17) is 0 Å². The SMILES string of the molecule is CNc1nc(-c2ccc(F)c(C)c2)nc2cc(F)ccc12. The summed E-state index contributed by atoms with van der Waals surface area (Å²) in [7, 11) is 1.74. The van der Waals surface area contributed by atoms with Gasteiger partial charge in [0.2, 0.25) is 0 Å². The van der Waals surface area contributed by atoms with E-state index >= 15 is 0 Å². The fourth-order valence-electron chi connectivity index (χ4n) is 2.21. The molecule has 0 saturated heterocycles. The van der Waals surface area contributed by atoms with Gasteiger partial charge in [-0.1, -0.05) is 0 Å². The van der Waals surface area contributed by atoms with Crippen LogP contribution >= 0.6 is 0 Å². The lowest BCUT2D eigenvalue weighted by Gasteiger charge is -2.09. The first-order chi connectivity index (χ1) is 10.1. The summed E-state index contributed by atoms with van der Waals surface area (Å²) in [5.41, 5.74) is 1.71. The molecular formula is C16H13F2N3. The van der Waals surface area contributed by atoms with Gasteiger partial charge in [-0.2, -0.15) is 0 Å². The van der Waals surface area contributed by atoms with Gasteiger partial charge in [-0.25, -0.2) is 18.7 Å². The molecule has 0 bridgehead atoms. The molecule has 0 aliphatic carbocycles. The fraction of sp³-hybridized carbons (Fsp3) is 0.125. The lowest BCUT2D eigenvalue weighted by atomic mass is 10.1. The molecule has 0 fully saturated rings. The summed E-state index contributed by atoms with van der Waals surface area (Å²) < 4.78 is 26.8. The average Bonchev–Trinajstić information content (AvgIpc) is 2.48. The molecule has 1 N–H and O–H groups in total. The molecule has 3 nitrogen and oxygen atoms in total. The van der Waals surface area contributed by atoms with Crippen molar-refractivity contribution in [1.29, 1.82) is 0 Å². The standard InChI is InChI=1S/C16H13F2N3/c1-9-7-10(3-6-13(9)18)15-20-14-8-11(17)4-5-12(14)16(19-2)21-15/h3-8H,1-2H3,(H,19,20,21). The zero-order valence-corrected chi connectivity index (χ0v) is 11.6. The van der Waals surface area contributed by atoms with Crippen LogP contribution in [0.2, 0.25) is 0 Å². The number of benzene rings is 2. The number of halogens is 2. The van der Waals surface area contributed by atoms with Gasteiger partial charge in [0.25, 0.3) is 0 Å². The van der Waals surface area contributed by atoms with Crippen molar-refractivity contribution in [1.82, 2.24) is 9.97 Å². The summed E-state index contributed by atoms with van der Waals surface area (Å²) in [5.74, 6) is 0.404. The monoisotopic (exact) mass is 285 g/mol. The van der Waals surface area contributed by atoms with Crippen LogP contribution < -0.4 is 5.32 Å². The molecule has 0 aliphatic heterocycles. The van der Waals surface area contributed by atoms with Gasteiger partial charge in [0.05, 0.1) is 5.52 Å². The van der Waals surface area contributed by atoms with Crippen molar-refractivity contribution in [3.8, 4) is 11.4 Å². The highest BCUT2D eigenvalue weighted by molar-refractivity contribution is 5.90. The third-order valence-electron chi connectivity index (χ3n) is 3.31. The molecule has 2 aromatic carbocycles. The molecule has 0 unspecified atom stereocenters. The Balaban J connectivity index is 2.24. The molecule has 21 heavy (non-hydrogen) atoms. The summed E-state index contributed by atoms with van der Waals surface area (Å²) >= 11 is 0. The van der Waals surface area contributed by atoms with E-state index in [-0.39, 0.29) is 11.6 Å². The van der Waals surface area contributed by atoms with E-state index in [1.165, 1.54) is 18.2 Å². The molecule has 106 valence electrons. The predicted octanol–water partition coefficient (Wildman–Crippen LogP) is 3.93. The summed E-state index contributed by atoms with van der Waals surface area (Å²) in [4.78, 5) is 8.80. The maximum Gasteiger partial charge on any atom is 0.162 e. The Morgan fingerprint density at radius 2 is 1.81 bits per heavy atom. The Morgan fingerprint density at radius 3 is 2.52 bits per heavy atom. The minimum atomic E-state index is -0.357. The molecule has 0 saturated carbocycles. The van der Waals surface area contributed by atoms with Crippen LogP contribution in [-0.4, -0.2) is 17.0 Å². The zero-order chi connectivity index (χ0) is 15.0. The van der Waals surface area contributed by atoms with Crippen molar-refractivity contribution < 1.29 is 8.78 Å². The third-order valence-corrected chi connectivity index (χ3v) is 3.31. The quantitative estimate of drug-likeness (QED) is 0.775. The van der Waals surface area contributed by atoms with Gasteiger partial charge in [0.15, 0.2) is 5.82 Å². The number of fused-ring (bicyclic) bond motifs is 1. The Kier molecular flexibility index (Phi) is 3.25. The van der Waals surface area contributed by atoms with E-state index in [2.05, 4.69) is 15.3 Å². The fourth-order valence-corrected chi connectivity index (χ4v) is 2.21. The molecule has 1 heterocycles. The van der Waals surface area contributed by atoms with Gasteiger partial charge in [-0.3, -0.25) is 0 Å². The highest BCUT2D eigenvalue weighted by Crippen LogP contribution is 2.26. The van der Waals surface area contributed by atoms with Crippen molar-refractivity contribution >= 4 is 16.7 Å². The molecule has 0 spiro atoms. The second-order valence-electron chi connectivity index (χ2n) is 4.77. The van der Waals surface area contributed by atoms with Crippen LogP contribution in [0.3, 0.4) is 0 Å². The minimum Gasteiger partial charge on any atom is -0.373 e. The summed E-state index contributed by atoms with van der Waals surface area (Å²) in [6, 6.07) is 9.03. The zero-order valence-electron chi connectivity index (χ0n) is 11.6. The highest BCUT2D eigenvalue weighted by Gasteiger charge is 2.10. The van der Waals surface area contributed by atoms with Crippen LogP contribution in [-0.2, 0) is 0 Å². The number of aryl methyl sites for hydroxylation is 1. The molecule has 0 aliphatic rings. The van der Waals surface area contributed by atoms with Crippen LogP contribution in [0, 0.1) is 18.6 Å². The lowest BCUT2D eigenvalue weighted by Crippen LogP contribution is -1.99. The minimum absolute atomic E-state index is 0.278. The van der Waals surface area contributed by atoms with Gasteiger partial charge >= 0.3 is 0 Å². The molecular weight excluding hydrogens is 272 g/mol. The molecule has 3 rings (SSSR count). The van der Waals surface area contributed by atoms with Crippen LogP contribution in [0.5, 0.6) is 0 Å². The van der Waals surface area contributed by atoms with E-state index in [0.29, 0.717) is 28.3 Å². The highest BCUT2D eigenvalue weighted by atomic mass is 19.1. The Bertz CT molecular complexity index is 831. The summed E-state index contributed by atoms with van der Waals surface area (Å²) in [6.07, 6.45) is 0. The molecule has 3 aromatic rings. The van der Waals surface area contributed by atoms with Crippen molar-refractivity contribution in [3.05, 3.63) is 53.6 Å². The van der Waals surface area contributed by atoms with Crippen LogP contribution in [0.4, 0.5) is 14.6 Å². The Hall–Kier alpha value is -2.56. The van der Waals surface area contributed by atoms with E-state index in [1.54, 1.807) is 32.2 Å². The van der Waals surface area contributed by atoms with Crippen LogP contribution in [0.25, 0.3) is 22.3 Å². The number of nitrogens with zero attached hydrogens (tertiary/aromatic N) is 2. The molecule has 1 aromatic heterocycles. The third kappa shape index (κ3) is 2.42. The normalized spacial score (nSPS) is 10.9. The smallest absolute Gasteiger partial charge is 0.162 e. The maximum absolute atomic E-state index is 13.4. The van der Waals surface area contributed by atoms with E-state index < -0.39 is 0 Å². The van der Waals surface area contributed by atoms with Gasteiger partial charge < -0.3 is 5.32 Å². The number of anilines is 1. The number of aromatic nitrogens is 2. The van der Waals surface area contributed by atoms with E-state index in [0.717, 1.165) is 5.39 Å². The van der Waals surface area contributed by atoms with Crippen molar-refractivity contribution in [2.45, 2.75) is 6.92 Å². The first-order valence-corrected chi connectivity index (χ1v) is 6.50. The van der Waals surface area contributed by atoms with Gasteiger partial charge in [0, 0.05) is 24.1 Å². The van der Waals surface area contributed by atoms with Gasteiger partial charge in [-0.05, 0) is 42.8 Å². The maximum atomic E-state index is 13.4. The van der Waals surface area contributed by atoms with Gasteiger partial charge in [-0.15, -0.1) is 0 Å². The van der Waals surface area contributed by atoms with Crippen molar-refractivity contribution in [2.24, 2.45) is 0 Å².